The quantitative estimate of drug-likeness (QED) is 0.177. The SMILES string of the molecule is COC(=O)C1=C(C[P+](c2ccccc2)(c2ccccc2)c2ccccc2)CS[C@@H]2[C@H](NC(=O)Cc3ccccc3)C(=O)N12. The number of β-lactam (4-membered cyclic amide) rings is 1. The largest absolute Gasteiger partial charge is 0.464 e. The van der Waals surface area contributed by atoms with Crippen LogP contribution in [0.25, 0.3) is 0 Å². The van der Waals surface area contributed by atoms with Gasteiger partial charge >= 0.3 is 5.97 Å². The van der Waals surface area contributed by atoms with Crippen LogP contribution in [0, 0.1) is 0 Å². The summed E-state index contributed by atoms with van der Waals surface area (Å²) in [5.41, 5.74) is 2.05. The van der Waals surface area contributed by atoms with E-state index < -0.39 is 19.3 Å². The fourth-order valence-corrected chi connectivity index (χ4v) is 11.8. The highest BCUT2D eigenvalue weighted by Crippen LogP contribution is 2.58. The average molecular weight is 608 g/mol. The van der Waals surface area contributed by atoms with Gasteiger partial charge in [0.25, 0.3) is 5.91 Å². The first-order valence-corrected chi connectivity index (χ1v) is 17.2. The number of fused-ring (bicyclic) bond motifs is 1. The van der Waals surface area contributed by atoms with Crippen molar-refractivity contribution in [3.8, 4) is 0 Å². The molecule has 4 aromatic carbocycles. The predicted molar refractivity (Wildman–Crippen MR) is 174 cm³/mol. The van der Waals surface area contributed by atoms with Gasteiger partial charge in [-0.05, 0) is 42.0 Å². The third-order valence-corrected chi connectivity index (χ3v) is 13.7. The summed E-state index contributed by atoms with van der Waals surface area (Å²) < 4.78 is 5.27. The van der Waals surface area contributed by atoms with E-state index in [-0.39, 0.29) is 23.6 Å². The zero-order chi connectivity index (χ0) is 29.8. The molecule has 2 amide bonds. The van der Waals surface area contributed by atoms with Crippen LogP contribution in [0.1, 0.15) is 5.56 Å². The molecule has 0 radical (unpaired) electrons. The van der Waals surface area contributed by atoms with E-state index in [1.54, 1.807) is 16.7 Å². The number of hydrogen-bond donors (Lipinski definition) is 1. The molecule has 0 unspecified atom stereocenters. The Balaban J connectivity index is 1.39. The van der Waals surface area contributed by atoms with Crippen molar-refractivity contribution in [1.29, 1.82) is 0 Å². The molecule has 2 heterocycles. The first-order valence-electron chi connectivity index (χ1n) is 14.2. The number of thioether (sulfide) groups is 1. The first kappa shape index (κ1) is 28.9. The summed E-state index contributed by atoms with van der Waals surface area (Å²) in [6.07, 6.45) is 0.759. The normalized spacial score (nSPS) is 18.0. The molecule has 1 saturated heterocycles. The van der Waals surface area contributed by atoms with Crippen molar-refractivity contribution in [3.63, 3.8) is 0 Å². The first-order chi connectivity index (χ1) is 21.0. The minimum atomic E-state index is -2.31. The number of amides is 2. The molecule has 1 N–H and O–H groups in total. The molecule has 4 aromatic rings. The van der Waals surface area contributed by atoms with Crippen LogP contribution in [0.2, 0.25) is 0 Å². The van der Waals surface area contributed by atoms with Gasteiger partial charge in [0.2, 0.25) is 5.91 Å². The van der Waals surface area contributed by atoms with E-state index in [4.69, 9.17) is 4.74 Å². The van der Waals surface area contributed by atoms with Gasteiger partial charge in [0.1, 0.15) is 40.3 Å². The third-order valence-electron chi connectivity index (χ3n) is 7.97. The fourth-order valence-electron chi connectivity index (χ4n) is 5.95. The van der Waals surface area contributed by atoms with Crippen molar-refractivity contribution in [2.45, 2.75) is 17.8 Å². The Kier molecular flexibility index (Phi) is 8.46. The number of benzene rings is 4. The van der Waals surface area contributed by atoms with Crippen LogP contribution in [0.3, 0.4) is 0 Å². The molecule has 0 aromatic heterocycles. The van der Waals surface area contributed by atoms with Crippen molar-refractivity contribution in [1.82, 2.24) is 10.2 Å². The Bertz CT molecular complexity index is 1550. The summed E-state index contributed by atoms with van der Waals surface area (Å²) in [5, 5.41) is 6.12. The fraction of sp³-hybridized carbons (Fsp3) is 0.171. The maximum atomic E-state index is 13.6. The highest BCUT2D eigenvalue weighted by molar-refractivity contribution is 8.00. The number of methoxy groups -OCH3 is 1. The summed E-state index contributed by atoms with van der Waals surface area (Å²) in [5.74, 6) is -0.506. The Morgan fingerprint density at radius 2 is 1.30 bits per heavy atom. The van der Waals surface area contributed by atoms with Gasteiger partial charge in [0, 0.05) is 11.3 Å². The molecule has 2 aliphatic heterocycles. The van der Waals surface area contributed by atoms with Crippen molar-refractivity contribution in [3.05, 3.63) is 138 Å². The van der Waals surface area contributed by atoms with E-state index >= 15 is 0 Å². The summed E-state index contributed by atoms with van der Waals surface area (Å²) in [6, 6.07) is 40.1. The van der Waals surface area contributed by atoms with Crippen LogP contribution < -0.4 is 21.2 Å². The van der Waals surface area contributed by atoms with E-state index in [2.05, 4.69) is 78.1 Å². The van der Waals surface area contributed by atoms with Crippen molar-refractivity contribution in [2.75, 3.05) is 19.0 Å². The van der Waals surface area contributed by atoms with Gasteiger partial charge in [-0.1, -0.05) is 84.9 Å². The molecule has 2 aliphatic rings. The van der Waals surface area contributed by atoms with Gasteiger partial charge in [-0.25, -0.2) is 4.79 Å². The molecule has 0 bridgehead atoms. The van der Waals surface area contributed by atoms with Crippen molar-refractivity contribution < 1.29 is 19.1 Å². The number of carbonyl (C=O) groups excluding carboxylic acids is 3. The van der Waals surface area contributed by atoms with Crippen LogP contribution in [0.15, 0.2) is 133 Å². The van der Waals surface area contributed by atoms with E-state index in [1.807, 2.05) is 48.5 Å². The Morgan fingerprint density at radius 3 is 1.79 bits per heavy atom. The Morgan fingerprint density at radius 1 is 0.814 bits per heavy atom. The second-order valence-corrected chi connectivity index (χ2v) is 15.1. The van der Waals surface area contributed by atoms with E-state index in [1.165, 1.54) is 23.0 Å². The van der Waals surface area contributed by atoms with Crippen molar-refractivity contribution in [2.24, 2.45) is 0 Å². The average Bonchev–Trinajstić information content (AvgIpc) is 3.07. The minimum Gasteiger partial charge on any atom is -0.464 e. The van der Waals surface area contributed by atoms with Crippen LogP contribution in [-0.4, -0.2) is 53.1 Å². The summed E-state index contributed by atoms with van der Waals surface area (Å²) in [6.45, 7) is 0. The lowest BCUT2D eigenvalue weighted by Crippen LogP contribution is -2.70. The summed E-state index contributed by atoms with van der Waals surface area (Å²) in [4.78, 5) is 41.4. The second-order valence-electron chi connectivity index (χ2n) is 10.5. The van der Waals surface area contributed by atoms with Gasteiger partial charge < -0.3 is 10.1 Å². The summed E-state index contributed by atoms with van der Waals surface area (Å²) in [7, 11) is -0.966. The molecule has 6 rings (SSSR count). The lowest BCUT2D eigenvalue weighted by atomic mass is 10.0. The maximum Gasteiger partial charge on any atom is 0.354 e. The van der Waals surface area contributed by atoms with Crippen LogP contribution in [0.5, 0.6) is 0 Å². The Hall–Kier alpha value is -4.19. The number of rotatable bonds is 9. The van der Waals surface area contributed by atoms with Crippen LogP contribution in [0.4, 0.5) is 0 Å². The number of nitrogens with one attached hydrogen (secondary N) is 1. The van der Waals surface area contributed by atoms with Crippen LogP contribution in [-0.2, 0) is 25.5 Å². The summed E-state index contributed by atoms with van der Waals surface area (Å²) >= 11 is 1.58. The number of carbonyl (C=O) groups is 3. The van der Waals surface area contributed by atoms with Gasteiger partial charge in [-0.2, -0.15) is 0 Å². The number of nitrogens with zero attached hydrogens (tertiary/aromatic N) is 1. The molecular weight excluding hydrogens is 575 g/mol. The molecule has 6 nitrogen and oxygen atoms in total. The van der Waals surface area contributed by atoms with Crippen molar-refractivity contribution >= 4 is 52.7 Å². The topological polar surface area (TPSA) is 75.7 Å². The van der Waals surface area contributed by atoms with E-state index in [0.29, 0.717) is 17.6 Å². The zero-order valence-electron chi connectivity index (χ0n) is 23.8. The van der Waals surface area contributed by atoms with Gasteiger partial charge in [-0.3, -0.25) is 14.5 Å². The molecule has 0 aliphatic carbocycles. The van der Waals surface area contributed by atoms with Gasteiger partial charge in [0.15, 0.2) is 0 Å². The molecule has 1 fully saturated rings. The molecular formula is C35H32N2O4PS+. The smallest absolute Gasteiger partial charge is 0.354 e. The molecule has 8 heteroatoms. The third kappa shape index (κ3) is 5.51. The molecule has 0 saturated carbocycles. The molecule has 216 valence electrons. The number of esters is 1. The lowest BCUT2D eigenvalue weighted by molar-refractivity contribution is -0.151. The molecule has 2 atom stereocenters. The minimum absolute atomic E-state index is 0.186. The highest BCUT2D eigenvalue weighted by Gasteiger charge is 2.56. The monoisotopic (exact) mass is 607 g/mol. The van der Waals surface area contributed by atoms with Crippen LogP contribution >= 0.6 is 19.0 Å². The second kappa shape index (κ2) is 12.6. The highest BCUT2D eigenvalue weighted by atomic mass is 32.2. The maximum absolute atomic E-state index is 13.6. The molecule has 0 spiro atoms. The standard InChI is InChI=1S/C35H31N2O4PS/c1-41-35(40)32-26(24-43-34-31(33(39)37(32)34)36-30(38)22-25-14-6-2-7-15-25)23-42(27-16-8-3-9-17-27,28-18-10-4-11-19-28)29-20-12-5-13-21-29/h2-21,31,34H,22-24H2,1H3/p+1/t31-,34-/m1/s1. The van der Waals surface area contributed by atoms with Gasteiger partial charge in [0.05, 0.1) is 19.7 Å². The molecule has 43 heavy (non-hydrogen) atoms. The Labute approximate surface area is 256 Å². The van der Waals surface area contributed by atoms with E-state index in [9.17, 15) is 14.4 Å². The van der Waals surface area contributed by atoms with E-state index in [0.717, 1.165) is 11.1 Å². The number of ether oxygens (including phenoxy) is 1. The lowest BCUT2D eigenvalue weighted by Gasteiger charge is -2.50. The predicted octanol–water partition coefficient (Wildman–Crippen LogP) is 4.05. The zero-order valence-corrected chi connectivity index (χ0v) is 25.5. The van der Waals surface area contributed by atoms with Gasteiger partial charge in [-0.15, -0.1) is 11.8 Å². The number of hydrogen-bond acceptors (Lipinski definition) is 5.